The van der Waals surface area contributed by atoms with Gasteiger partial charge in [0.1, 0.15) is 0 Å². The van der Waals surface area contributed by atoms with Crippen LogP contribution in [0.1, 0.15) is 11.1 Å². The van der Waals surface area contributed by atoms with Crippen LogP contribution in [-0.2, 0) is 16.2 Å². The quantitative estimate of drug-likeness (QED) is 0.815. The SMILES string of the molecule is Cc1ccc(S(=O)(=O)N(C)C)cc1NC(=O)Nc1cccc(C(F)(F)F)c1. The van der Waals surface area contributed by atoms with E-state index in [0.717, 1.165) is 16.4 Å². The number of alkyl halides is 3. The molecule has 6 nitrogen and oxygen atoms in total. The topological polar surface area (TPSA) is 78.5 Å². The van der Waals surface area contributed by atoms with E-state index in [1.54, 1.807) is 6.92 Å². The van der Waals surface area contributed by atoms with Crippen molar-refractivity contribution >= 4 is 27.4 Å². The molecule has 2 N–H and O–H groups in total. The van der Waals surface area contributed by atoms with E-state index in [1.165, 1.54) is 44.4 Å². The Balaban J connectivity index is 2.22. The summed E-state index contributed by atoms with van der Waals surface area (Å²) in [4.78, 5) is 12.1. The van der Waals surface area contributed by atoms with Gasteiger partial charge in [-0.25, -0.2) is 17.5 Å². The molecule has 0 fully saturated rings. The number of carbonyl (C=O) groups excluding carboxylic acids is 1. The number of urea groups is 1. The molecule has 0 spiro atoms. The summed E-state index contributed by atoms with van der Waals surface area (Å²) in [5.74, 6) is 0. The molecule has 0 aliphatic rings. The molecule has 0 aromatic heterocycles. The van der Waals surface area contributed by atoms with E-state index in [4.69, 9.17) is 0 Å². The van der Waals surface area contributed by atoms with Crippen molar-refractivity contribution in [1.82, 2.24) is 4.31 Å². The molecule has 0 saturated carbocycles. The molecule has 0 aliphatic carbocycles. The average molecular weight is 401 g/mol. The third-order valence-corrected chi connectivity index (χ3v) is 5.49. The van der Waals surface area contributed by atoms with E-state index in [-0.39, 0.29) is 16.3 Å². The van der Waals surface area contributed by atoms with Gasteiger partial charge >= 0.3 is 12.2 Å². The number of hydrogen-bond donors (Lipinski definition) is 2. The van der Waals surface area contributed by atoms with Crippen molar-refractivity contribution in [3.05, 3.63) is 53.6 Å². The fourth-order valence-electron chi connectivity index (χ4n) is 2.16. The Morgan fingerprint density at radius 2 is 1.70 bits per heavy atom. The summed E-state index contributed by atoms with van der Waals surface area (Å²) < 4.78 is 63.6. The number of anilines is 2. The molecule has 27 heavy (non-hydrogen) atoms. The number of carbonyl (C=O) groups is 1. The maximum Gasteiger partial charge on any atom is 0.416 e. The zero-order valence-electron chi connectivity index (χ0n) is 14.8. The van der Waals surface area contributed by atoms with Crippen molar-refractivity contribution in [3.8, 4) is 0 Å². The van der Waals surface area contributed by atoms with Crippen molar-refractivity contribution in [2.24, 2.45) is 0 Å². The van der Waals surface area contributed by atoms with E-state index in [0.29, 0.717) is 5.56 Å². The van der Waals surface area contributed by atoms with E-state index >= 15 is 0 Å². The minimum absolute atomic E-state index is 0.0209. The first-order valence-corrected chi connectivity index (χ1v) is 9.13. The van der Waals surface area contributed by atoms with E-state index in [9.17, 15) is 26.4 Å². The smallest absolute Gasteiger partial charge is 0.308 e. The van der Waals surface area contributed by atoms with Gasteiger partial charge in [-0.05, 0) is 42.8 Å². The summed E-state index contributed by atoms with van der Waals surface area (Å²) in [5, 5.41) is 4.76. The third kappa shape index (κ3) is 4.98. The highest BCUT2D eigenvalue weighted by atomic mass is 32.2. The molecule has 2 amide bonds. The van der Waals surface area contributed by atoms with Crippen molar-refractivity contribution < 1.29 is 26.4 Å². The molecule has 0 atom stereocenters. The van der Waals surface area contributed by atoms with Crippen LogP contribution in [0.3, 0.4) is 0 Å². The van der Waals surface area contributed by atoms with Gasteiger partial charge in [0.2, 0.25) is 10.0 Å². The van der Waals surface area contributed by atoms with Crippen molar-refractivity contribution in [1.29, 1.82) is 0 Å². The fraction of sp³-hybridized carbons (Fsp3) is 0.235. The first kappa shape index (κ1) is 20.7. The molecule has 2 aromatic carbocycles. The summed E-state index contributed by atoms with van der Waals surface area (Å²) in [7, 11) is -0.941. The number of sulfonamides is 1. The van der Waals surface area contributed by atoms with Crippen LogP contribution < -0.4 is 10.6 Å². The second-order valence-electron chi connectivity index (χ2n) is 5.92. The molecule has 0 bridgehead atoms. The lowest BCUT2D eigenvalue weighted by Crippen LogP contribution is -2.23. The van der Waals surface area contributed by atoms with E-state index in [1.807, 2.05) is 0 Å². The Bertz CT molecular complexity index is 957. The van der Waals surface area contributed by atoms with Crippen LogP contribution in [0.4, 0.5) is 29.3 Å². The Labute approximate surface area is 155 Å². The van der Waals surface area contributed by atoms with Gasteiger partial charge in [0.15, 0.2) is 0 Å². The average Bonchev–Trinajstić information content (AvgIpc) is 2.56. The molecular weight excluding hydrogens is 383 g/mol. The fourth-order valence-corrected chi connectivity index (χ4v) is 3.09. The second-order valence-corrected chi connectivity index (χ2v) is 8.07. The Hall–Kier alpha value is -2.59. The summed E-state index contributed by atoms with van der Waals surface area (Å²) >= 11 is 0. The van der Waals surface area contributed by atoms with Gasteiger partial charge in [0.25, 0.3) is 0 Å². The molecule has 0 heterocycles. The van der Waals surface area contributed by atoms with Crippen LogP contribution in [0.2, 0.25) is 0 Å². The minimum atomic E-state index is -4.53. The number of nitrogens with zero attached hydrogens (tertiary/aromatic N) is 1. The Morgan fingerprint density at radius 1 is 1.04 bits per heavy atom. The highest BCUT2D eigenvalue weighted by Gasteiger charge is 2.30. The largest absolute Gasteiger partial charge is 0.416 e. The lowest BCUT2D eigenvalue weighted by atomic mass is 10.2. The zero-order valence-corrected chi connectivity index (χ0v) is 15.6. The van der Waals surface area contributed by atoms with Crippen LogP contribution in [-0.4, -0.2) is 32.8 Å². The Morgan fingerprint density at radius 3 is 2.30 bits per heavy atom. The van der Waals surface area contributed by atoms with Gasteiger partial charge in [-0.1, -0.05) is 12.1 Å². The molecule has 2 rings (SSSR count). The molecule has 0 unspecified atom stereocenters. The highest BCUT2D eigenvalue weighted by molar-refractivity contribution is 7.89. The number of hydrogen-bond acceptors (Lipinski definition) is 3. The summed E-state index contributed by atoms with van der Waals surface area (Å²) in [5.41, 5.74) is -0.123. The molecule has 10 heteroatoms. The molecule has 146 valence electrons. The predicted octanol–water partition coefficient (Wildman–Crippen LogP) is 3.91. The first-order valence-electron chi connectivity index (χ1n) is 7.69. The van der Waals surface area contributed by atoms with Crippen LogP contribution >= 0.6 is 0 Å². The zero-order chi connectivity index (χ0) is 20.4. The number of aryl methyl sites for hydroxylation is 1. The van der Waals surface area contributed by atoms with E-state index < -0.39 is 27.8 Å². The summed E-state index contributed by atoms with van der Waals surface area (Å²) in [6.45, 7) is 1.66. The highest BCUT2D eigenvalue weighted by Crippen LogP contribution is 2.30. The molecule has 0 aliphatic heterocycles. The summed E-state index contributed by atoms with van der Waals surface area (Å²) in [6.07, 6.45) is -4.53. The van der Waals surface area contributed by atoms with Gasteiger partial charge in [-0.3, -0.25) is 0 Å². The monoisotopic (exact) mass is 401 g/mol. The van der Waals surface area contributed by atoms with Gasteiger partial charge in [-0.15, -0.1) is 0 Å². The van der Waals surface area contributed by atoms with Crippen molar-refractivity contribution in [2.45, 2.75) is 18.0 Å². The number of rotatable bonds is 4. The number of nitrogens with one attached hydrogen (secondary N) is 2. The number of halogens is 3. The second kappa shape index (κ2) is 7.57. The summed E-state index contributed by atoms with van der Waals surface area (Å²) in [6, 6.07) is 7.61. The lowest BCUT2D eigenvalue weighted by molar-refractivity contribution is -0.137. The van der Waals surface area contributed by atoms with E-state index in [2.05, 4.69) is 10.6 Å². The van der Waals surface area contributed by atoms with Gasteiger partial charge in [0.05, 0.1) is 10.5 Å². The third-order valence-electron chi connectivity index (χ3n) is 3.68. The van der Waals surface area contributed by atoms with Crippen LogP contribution in [0.5, 0.6) is 0 Å². The van der Waals surface area contributed by atoms with Gasteiger partial charge in [-0.2, -0.15) is 13.2 Å². The van der Waals surface area contributed by atoms with Crippen molar-refractivity contribution in [2.75, 3.05) is 24.7 Å². The standard InChI is InChI=1S/C17H18F3N3O3S/c1-11-7-8-14(27(25,26)23(2)3)10-15(11)22-16(24)21-13-6-4-5-12(9-13)17(18,19)20/h4-10H,1-3H3,(H2,21,22,24). The van der Waals surface area contributed by atoms with Crippen LogP contribution in [0, 0.1) is 6.92 Å². The minimum Gasteiger partial charge on any atom is -0.308 e. The first-order chi connectivity index (χ1) is 12.4. The maximum absolute atomic E-state index is 12.7. The maximum atomic E-state index is 12.7. The number of amides is 2. The van der Waals surface area contributed by atoms with Crippen molar-refractivity contribution in [3.63, 3.8) is 0 Å². The normalized spacial score (nSPS) is 12.1. The molecule has 0 saturated heterocycles. The molecule has 0 radical (unpaired) electrons. The van der Waals surface area contributed by atoms with Gasteiger partial charge in [0, 0.05) is 25.5 Å². The van der Waals surface area contributed by atoms with Gasteiger partial charge < -0.3 is 10.6 Å². The number of benzene rings is 2. The van der Waals surface area contributed by atoms with Crippen LogP contribution in [0.15, 0.2) is 47.4 Å². The molecule has 2 aromatic rings. The predicted molar refractivity (Wildman–Crippen MR) is 96.1 cm³/mol. The lowest BCUT2D eigenvalue weighted by Gasteiger charge is -2.15. The van der Waals surface area contributed by atoms with Crippen LogP contribution in [0.25, 0.3) is 0 Å². The molecular formula is C17H18F3N3O3S. The Kier molecular flexibility index (Phi) is 5.81.